The van der Waals surface area contributed by atoms with Crippen molar-refractivity contribution in [3.05, 3.63) is 52.5 Å². The second-order valence-electron chi connectivity index (χ2n) is 3.86. The van der Waals surface area contributed by atoms with Crippen molar-refractivity contribution >= 4 is 33.0 Å². The van der Waals surface area contributed by atoms with E-state index in [1.165, 1.54) is 4.90 Å². The number of anilines is 3. The lowest BCUT2D eigenvalue weighted by Crippen LogP contribution is -2.13. The normalized spacial score (nSPS) is 10.4. The first-order chi connectivity index (χ1) is 8.49. The fourth-order valence-electron chi connectivity index (χ4n) is 1.70. The minimum absolute atomic E-state index is 0.143. The van der Waals surface area contributed by atoms with E-state index in [1.54, 1.807) is 25.2 Å². The maximum absolute atomic E-state index is 13.7. The maximum atomic E-state index is 13.7. The Bertz CT molecular complexity index is 587. The van der Waals surface area contributed by atoms with Gasteiger partial charge in [-0.1, -0.05) is 15.9 Å². The van der Waals surface area contributed by atoms with Crippen molar-refractivity contribution in [2.75, 3.05) is 17.7 Å². The molecule has 0 aromatic heterocycles. The lowest BCUT2D eigenvalue weighted by atomic mass is 10.2. The first-order valence-electron chi connectivity index (χ1n) is 5.23. The number of hydrogen-bond acceptors (Lipinski definition) is 2. The summed E-state index contributed by atoms with van der Waals surface area (Å²) in [6.45, 7) is 0. The maximum Gasteiger partial charge on any atom is 0.147 e. The average Bonchev–Trinajstić information content (AvgIpc) is 2.31. The second kappa shape index (κ2) is 4.94. The van der Waals surface area contributed by atoms with Crippen LogP contribution in [0.5, 0.6) is 0 Å². The molecule has 0 unspecified atom stereocenters. The van der Waals surface area contributed by atoms with Gasteiger partial charge < -0.3 is 10.6 Å². The Morgan fingerprint density at radius 2 is 1.78 bits per heavy atom. The van der Waals surface area contributed by atoms with E-state index in [0.29, 0.717) is 11.4 Å². The molecule has 0 spiro atoms. The average molecular weight is 313 g/mol. The Morgan fingerprint density at radius 3 is 2.44 bits per heavy atom. The largest absolute Gasteiger partial charge is 0.397 e. The molecular formula is C13H11BrF2N2. The first kappa shape index (κ1) is 12.8. The topological polar surface area (TPSA) is 29.3 Å². The van der Waals surface area contributed by atoms with Crippen molar-refractivity contribution in [2.24, 2.45) is 0 Å². The van der Waals surface area contributed by atoms with E-state index in [-0.39, 0.29) is 5.69 Å². The zero-order valence-corrected chi connectivity index (χ0v) is 11.2. The van der Waals surface area contributed by atoms with Crippen molar-refractivity contribution in [1.29, 1.82) is 0 Å². The molecule has 0 radical (unpaired) electrons. The Labute approximate surface area is 112 Å². The Balaban J connectivity index is 2.47. The molecule has 5 heteroatoms. The molecular weight excluding hydrogens is 302 g/mol. The predicted molar refractivity (Wildman–Crippen MR) is 73.0 cm³/mol. The SMILES string of the molecule is CN(c1ccc(Br)cc1N)c1cc(F)ccc1F. The summed E-state index contributed by atoms with van der Waals surface area (Å²) >= 11 is 3.30. The van der Waals surface area contributed by atoms with Gasteiger partial charge in [0.25, 0.3) is 0 Å². The summed E-state index contributed by atoms with van der Waals surface area (Å²) in [6.07, 6.45) is 0. The molecule has 2 rings (SSSR count). The summed E-state index contributed by atoms with van der Waals surface area (Å²) in [5.74, 6) is -0.991. The van der Waals surface area contributed by atoms with Gasteiger partial charge in [0.05, 0.1) is 17.1 Å². The van der Waals surface area contributed by atoms with Gasteiger partial charge in [-0.2, -0.15) is 0 Å². The lowest BCUT2D eigenvalue weighted by molar-refractivity contribution is 0.600. The Kier molecular flexibility index (Phi) is 3.52. The molecule has 2 nitrogen and oxygen atoms in total. The third-order valence-electron chi connectivity index (χ3n) is 2.62. The van der Waals surface area contributed by atoms with Gasteiger partial charge in [-0.05, 0) is 30.3 Å². The van der Waals surface area contributed by atoms with Crippen LogP contribution in [-0.4, -0.2) is 7.05 Å². The fraction of sp³-hybridized carbons (Fsp3) is 0.0769. The minimum Gasteiger partial charge on any atom is -0.397 e. The molecule has 0 heterocycles. The highest BCUT2D eigenvalue weighted by Gasteiger charge is 2.13. The molecule has 0 saturated carbocycles. The van der Waals surface area contributed by atoms with Gasteiger partial charge in [0.2, 0.25) is 0 Å². The monoisotopic (exact) mass is 312 g/mol. The molecule has 0 fully saturated rings. The van der Waals surface area contributed by atoms with Crippen molar-refractivity contribution in [1.82, 2.24) is 0 Å². The fourth-order valence-corrected chi connectivity index (χ4v) is 2.08. The van der Waals surface area contributed by atoms with Gasteiger partial charge in [-0.25, -0.2) is 8.78 Å². The molecule has 0 aliphatic carbocycles. The van der Waals surface area contributed by atoms with Crippen molar-refractivity contribution in [3.63, 3.8) is 0 Å². The highest BCUT2D eigenvalue weighted by molar-refractivity contribution is 9.10. The van der Waals surface area contributed by atoms with E-state index in [4.69, 9.17) is 5.73 Å². The summed E-state index contributed by atoms with van der Waals surface area (Å²) in [6, 6.07) is 8.55. The molecule has 2 N–H and O–H groups in total. The van der Waals surface area contributed by atoms with Crippen LogP contribution in [0, 0.1) is 11.6 Å². The van der Waals surface area contributed by atoms with Crippen LogP contribution in [-0.2, 0) is 0 Å². The van der Waals surface area contributed by atoms with Crippen molar-refractivity contribution < 1.29 is 8.78 Å². The molecule has 0 aliphatic rings. The molecule has 0 bridgehead atoms. The molecule has 2 aromatic rings. The number of benzene rings is 2. The third kappa shape index (κ3) is 2.46. The van der Waals surface area contributed by atoms with E-state index in [9.17, 15) is 8.78 Å². The zero-order valence-electron chi connectivity index (χ0n) is 9.62. The summed E-state index contributed by atoms with van der Waals surface area (Å²) in [7, 11) is 1.64. The highest BCUT2D eigenvalue weighted by atomic mass is 79.9. The van der Waals surface area contributed by atoms with E-state index >= 15 is 0 Å². The quantitative estimate of drug-likeness (QED) is 0.847. The summed E-state index contributed by atoms with van der Waals surface area (Å²) in [5.41, 5.74) is 7.10. The lowest BCUT2D eigenvalue weighted by Gasteiger charge is -2.22. The zero-order chi connectivity index (χ0) is 13.3. The van der Waals surface area contributed by atoms with E-state index in [0.717, 1.165) is 22.7 Å². The van der Waals surface area contributed by atoms with Gasteiger partial charge in [-0.3, -0.25) is 0 Å². The van der Waals surface area contributed by atoms with E-state index < -0.39 is 11.6 Å². The first-order valence-corrected chi connectivity index (χ1v) is 6.02. The number of hydrogen-bond donors (Lipinski definition) is 1. The minimum atomic E-state index is -0.499. The molecule has 2 aromatic carbocycles. The van der Waals surface area contributed by atoms with Crippen LogP contribution in [0.15, 0.2) is 40.9 Å². The Morgan fingerprint density at radius 1 is 1.06 bits per heavy atom. The van der Waals surface area contributed by atoms with E-state index in [1.807, 2.05) is 0 Å². The highest BCUT2D eigenvalue weighted by Crippen LogP contribution is 2.32. The number of nitrogens with zero attached hydrogens (tertiary/aromatic N) is 1. The standard InChI is InChI=1S/C13H11BrF2N2/c1-18(12-5-2-8(14)6-11(12)17)13-7-9(15)3-4-10(13)16/h2-7H,17H2,1H3. The van der Waals surface area contributed by atoms with Gasteiger partial charge in [0.15, 0.2) is 0 Å². The van der Waals surface area contributed by atoms with Crippen LogP contribution < -0.4 is 10.6 Å². The molecule has 18 heavy (non-hydrogen) atoms. The van der Waals surface area contributed by atoms with Gasteiger partial charge in [0.1, 0.15) is 11.6 Å². The predicted octanol–water partition coefficient (Wildman–Crippen LogP) is 4.08. The molecule has 0 aliphatic heterocycles. The Hall–Kier alpha value is -1.62. The van der Waals surface area contributed by atoms with Crippen LogP contribution in [0.25, 0.3) is 0 Å². The summed E-state index contributed by atoms with van der Waals surface area (Å²) in [5, 5.41) is 0. The molecule has 94 valence electrons. The van der Waals surface area contributed by atoms with Gasteiger partial charge in [0, 0.05) is 17.6 Å². The van der Waals surface area contributed by atoms with Crippen LogP contribution in [0.1, 0.15) is 0 Å². The van der Waals surface area contributed by atoms with Crippen LogP contribution >= 0.6 is 15.9 Å². The summed E-state index contributed by atoms with van der Waals surface area (Å²) < 4.78 is 27.6. The van der Waals surface area contributed by atoms with Crippen molar-refractivity contribution in [2.45, 2.75) is 0 Å². The van der Waals surface area contributed by atoms with Gasteiger partial charge in [-0.15, -0.1) is 0 Å². The van der Waals surface area contributed by atoms with Crippen LogP contribution in [0.2, 0.25) is 0 Å². The smallest absolute Gasteiger partial charge is 0.147 e. The summed E-state index contributed by atoms with van der Waals surface area (Å²) in [4.78, 5) is 1.51. The number of nitrogens with two attached hydrogens (primary N) is 1. The number of halogens is 3. The molecule has 0 saturated heterocycles. The van der Waals surface area contributed by atoms with E-state index in [2.05, 4.69) is 15.9 Å². The third-order valence-corrected chi connectivity index (χ3v) is 3.11. The molecule has 0 amide bonds. The van der Waals surface area contributed by atoms with Crippen LogP contribution in [0.4, 0.5) is 25.8 Å². The number of nitrogen functional groups attached to an aromatic ring is 1. The van der Waals surface area contributed by atoms with Gasteiger partial charge >= 0.3 is 0 Å². The van der Waals surface area contributed by atoms with Crippen LogP contribution in [0.3, 0.4) is 0 Å². The second-order valence-corrected chi connectivity index (χ2v) is 4.77. The number of rotatable bonds is 2. The van der Waals surface area contributed by atoms with Crippen molar-refractivity contribution in [3.8, 4) is 0 Å². The molecule has 0 atom stereocenters.